The molecule has 0 bridgehead atoms. The van der Waals surface area contributed by atoms with Crippen molar-refractivity contribution in [3.05, 3.63) is 36.3 Å². The molecule has 1 aromatic heterocycles. The fraction of sp³-hybridized carbons (Fsp3) is 0.500. The van der Waals surface area contributed by atoms with Gasteiger partial charge in [0.25, 0.3) is 5.91 Å². The lowest BCUT2D eigenvalue weighted by Crippen LogP contribution is -2.53. The fourth-order valence-electron chi connectivity index (χ4n) is 3.54. The number of furan rings is 1. The highest BCUT2D eigenvalue weighted by Gasteiger charge is 2.44. The first-order chi connectivity index (χ1) is 10.1. The van der Waals surface area contributed by atoms with E-state index in [9.17, 15) is 9.59 Å². The molecule has 5 heteroatoms. The summed E-state index contributed by atoms with van der Waals surface area (Å²) in [7, 11) is 0. The summed E-state index contributed by atoms with van der Waals surface area (Å²) < 4.78 is 5.23. The molecule has 5 nitrogen and oxygen atoms in total. The topological polar surface area (TPSA) is 53.8 Å². The maximum atomic E-state index is 12.7. The number of carbonyl (C=O) groups excluding carboxylic acids is 2. The van der Waals surface area contributed by atoms with Gasteiger partial charge in [-0.1, -0.05) is 6.08 Å². The summed E-state index contributed by atoms with van der Waals surface area (Å²) in [6, 6.07) is 1.96. The van der Waals surface area contributed by atoms with Crippen LogP contribution in [0.4, 0.5) is 0 Å². The third-order valence-electron chi connectivity index (χ3n) is 4.56. The van der Waals surface area contributed by atoms with Crippen molar-refractivity contribution in [1.29, 1.82) is 0 Å². The summed E-state index contributed by atoms with van der Waals surface area (Å²) in [5.41, 5.74) is 0.628. The van der Waals surface area contributed by atoms with Crippen molar-refractivity contribution in [2.24, 2.45) is 0 Å². The molecule has 0 aromatic carbocycles. The third kappa shape index (κ3) is 2.26. The maximum absolute atomic E-state index is 12.7. The molecular weight excluding hydrogens is 268 g/mol. The summed E-state index contributed by atoms with van der Waals surface area (Å²) in [6.45, 7) is 6.78. The minimum absolute atomic E-state index is 0.0154. The smallest absolute Gasteiger partial charge is 0.257 e. The van der Waals surface area contributed by atoms with Gasteiger partial charge in [0.15, 0.2) is 0 Å². The van der Waals surface area contributed by atoms with Crippen LogP contribution in [0.1, 0.15) is 35.4 Å². The average molecular weight is 288 g/mol. The molecular formula is C16H20N2O3. The molecule has 1 aromatic rings. The van der Waals surface area contributed by atoms with E-state index in [1.165, 1.54) is 0 Å². The van der Waals surface area contributed by atoms with E-state index >= 15 is 0 Å². The normalized spacial score (nSPS) is 25.1. The molecule has 2 amide bonds. The van der Waals surface area contributed by atoms with Crippen LogP contribution in [0.5, 0.6) is 0 Å². The van der Waals surface area contributed by atoms with Gasteiger partial charge in [0.2, 0.25) is 5.91 Å². The Morgan fingerprint density at radius 1 is 1.48 bits per heavy atom. The number of aryl methyl sites for hydroxylation is 1. The molecule has 112 valence electrons. The molecule has 2 fully saturated rings. The van der Waals surface area contributed by atoms with Crippen molar-refractivity contribution in [2.45, 2.75) is 38.3 Å². The van der Waals surface area contributed by atoms with Gasteiger partial charge in [-0.25, -0.2) is 0 Å². The molecule has 0 saturated carbocycles. The molecule has 2 aliphatic rings. The Bertz CT molecular complexity index is 578. The van der Waals surface area contributed by atoms with Gasteiger partial charge < -0.3 is 14.2 Å². The van der Waals surface area contributed by atoms with E-state index in [-0.39, 0.29) is 23.9 Å². The zero-order chi connectivity index (χ0) is 15.0. The van der Waals surface area contributed by atoms with Crippen molar-refractivity contribution in [3.8, 4) is 0 Å². The molecule has 0 N–H and O–H groups in total. The van der Waals surface area contributed by atoms with Crippen LogP contribution in [0.3, 0.4) is 0 Å². The van der Waals surface area contributed by atoms with E-state index in [4.69, 9.17) is 4.42 Å². The summed E-state index contributed by atoms with van der Waals surface area (Å²) in [5.74, 6) is 0.838. The van der Waals surface area contributed by atoms with E-state index < -0.39 is 0 Å². The van der Waals surface area contributed by atoms with Gasteiger partial charge in [0, 0.05) is 19.5 Å². The second kappa shape index (κ2) is 5.39. The Labute approximate surface area is 124 Å². The first kappa shape index (κ1) is 13.9. The monoisotopic (exact) mass is 288 g/mol. The zero-order valence-corrected chi connectivity index (χ0v) is 12.2. The number of hydrogen-bond donors (Lipinski definition) is 0. The number of carbonyl (C=O) groups is 2. The first-order valence-corrected chi connectivity index (χ1v) is 7.39. The number of hydrogen-bond acceptors (Lipinski definition) is 3. The molecule has 3 heterocycles. The highest BCUT2D eigenvalue weighted by Crippen LogP contribution is 2.32. The summed E-state index contributed by atoms with van der Waals surface area (Å²) in [4.78, 5) is 28.5. The second-order valence-corrected chi connectivity index (χ2v) is 5.69. The number of amides is 2. The molecule has 0 radical (unpaired) electrons. The van der Waals surface area contributed by atoms with Crippen LogP contribution in [0.2, 0.25) is 0 Å². The number of likely N-dealkylation sites (tertiary alicyclic amines) is 2. The third-order valence-corrected chi connectivity index (χ3v) is 4.56. The van der Waals surface area contributed by atoms with Crippen LogP contribution in [0, 0.1) is 6.92 Å². The minimum atomic E-state index is 0.0154. The van der Waals surface area contributed by atoms with E-state index in [2.05, 4.69) is 6.58 Å². The molecule has 2 aliphatic heterocycles. The van der Waals surface area contributed by atoms with Gasteiger partial charge >= 0.3 is 0 Å². The van der Waals surface area contributed by atoms with Crippen LogP contribution in [0.25, 0.3) is 0 Å². The van der Waals surface area contributed by atoms with E-state index in [0.717, 1.165) is 12.8 Å². The SMILES string of the molecule is C=CCN1C(=O)CC[C@@H]2[C@H]1CCN2C(=O)c1ccoc1C. The van der Waals surface area contributed by atoms with Crippen molar-refractivity contribution in [2.75, 3.05) is 13.1 Å². The van der Waals surface area contributed by atoms with E-state index in [1.54, 1.807) is 25.3 Å². The van der Waals surface area contributed by atoms with Crippen molar-refractivity contribution in [3.63, 3.8) is 0 Å². The van der Waals surface area contributed by atoms with Gasteiger partial charge in [0.05, 0.1) is 23.9 Å². The Kier molecular flexibility index (Phi) is 3.57. The largest absolute Gasteiger partial charge is 0.469 e. The van der Waals surface area contributed by atoms with E-state index in [1.807, 2.05) is 9.80 Å². The predicted molar refractivity (Wildman–Crippen MR) is 77.8 cm³/mol. The lowest BCUT2D eigenvalue weighted by Gasteiger charge is -2.39. The molecule has 21 heavy (non-hydrogen) atoms. The molecule has 0 spiro atoms. The highest BCUT2D eigenvalue weighted by molar-refractivity contribution is 5.95. The zero-order valence-electron chi connectivity index (χ0n) is 12.2. The van der Waals surface area contributed by atoms with Crippen molar-refractivity contribution < 1.29 is 14.0 Å². The Morgan fingerprint density at radius 3 is 2.95 bits per heavy atom. The molecule has 3 rings (SSSR count). The summed E-state index contributed by atoms with van der Waals surface area (Å²) in [5, 5.41) is 0. The molecule has 2 atom stereocenters. The molecule has 0 unspecified atom stereocenters. The van der Waals surface area contributed by atoms with Crippen molar-refractivity contribution in [1.82, 2.24) is 9.80 Å². The minimum Gasteiger partial charge on any atom is -0.469 e. The predicted octanol–water partition coefficient (Wildman–Crippen LogP) is 1.98. The van der Waals surface area contributed by atoms with Crippen LogP contribution in [-0.4, -0.2) is 46.8 Å². The van der Waals surface area contributed by atoms with Gasteiger partial charge in [-0.15, -0.1) is 6.58 Å². The maximum Gasteiger partial charge on any atom is 0.257 e. The number of piperidine rings is 1. The van der Waals surface area contributed by atoms with Crippen LogP contribution in [0.15, 0.2) is 29.4 Å². The number of fused-ring (bicyclic) bond motifs is 1. The lowest BCUT2D eigenvalue weighted by atomic mass is 9.96. The number of nitrogens with zero attached hydrogens (tertiary/aromatic N) is 2. The quantitative estimate of drug-likeness (QED) is 0.799. The Morgan fingerprint density at radius 2 is 2.29 bits per heavy atom. The lowest BCUT2D eigenvalue weighted by molar-refractivity contribution is -0.136. The summed E-state index contributed by atoms with van der Waals surface area (Å²) >= 11 is 0. The Hall–Kier alpha value is -2.04. The van der Waals surface area contributed by atoms with Crippen molar-refractivity contribution >= 4 is 11.8 Å². The van der Waals surface area contributed by atoms with Crippen LogP contribution >= 0.6 is 0 Å². The van der Waals surface area contributed by atoms with Crippen LogP contribution < -0.4 is 0 Å². The van der Waals surface area contributed by atoms with Gasteiger partial charge in [-0.05, 0) is 25.8 Å². The summed E-state index contributed by atoms with van der Waals surface area (Å²) in [6.07, 6.45) is 5.39. The van der Waals surface area contributed by atoms with E-state index in [0.29, 0.717) is 30.8 Å². The standard InChI is InChI=1S/C16H20N2O3/c1-3-8-17-14-6-9-18(13(14)4-5-15(17)19)16(20)12-7-10-21-11(12)2/h3,7,10,13-14H,1,4-6,8-9H2,2H3/t13-,14-/m1/s1. The van der Waals surface area contributed by atoms with Crippen LogP contribution in [-0.2, 0) is 4.79 Å². The second-order valence-electron chi connectivity index (χ2n) is 5.69. The highest BCUT2D eigenvalue weighted by atomic mass is 16.3. The first-order valence-electron chi connectivity index (χ1n) is 7.39. The average Bonchev–Trinajstić information content (AvgIpc) is 3.07. The Balaban J connectivity index is 1.81. The molecule has 2 saturated heterocycles. The van der Waals surface area contributed by atoms with Gasteiger partial charge in [-0.3, -0.25) is 9.59 Å². The molecule has 0 aliphatic carbocycles. The van der Waals surface area contributed by atoms with Gasteiger partial charge in [-0.2, -0.15) is 0 Å². The fourth-order valence-corrected chi connectivity index (χ4v) is 3.54. The number of rotatable bonds is 3. The van der Waals surface area contributed by atoms with Gasteiger partial charge in [0.1, 0.15) is 5.76 Å².